The van der Waals surface area contributed by atoms with E-state index in [4.69, 9.17) is 16.2 Å². The normalized spacial score (nSPS) is 14.3. The van der Waals surface area contributed by atoms with Gasteiger partial charge in [0.15, 0.2) is 6.61 Å². The zero-order chi connectivity index (χ0) is 17.3. The number of rotatable bonds is 5. The van der Waals surface area contributed by atoms with Gasteiger partial charge in [0.2, 0.25) is 16.0 Å². The molecule has 126 valence electrons. The van der Waals surface area contributed by atoms with Crippen LogP contribution in [-0.4, -0.2) is 35.2 Å². The van der Waals surface area contributed by atoms with Crippen LogP contribution in [0.3, 0.4) is 0 Å². The summed E-state index contributed by atoms with van der Waals surface area (Å²) < 4.78 is 31.8. The van der Waals surface area contributed by atoms with E-state index in [2.05, 4.69) is 9.97 Å². The summed E-state index contributed by atoms with van der Waals surface area (Å²) in [6.45, 7) is 0.0653. The quantitative estimate of drug-likeness (QED) is 0.750. The van der Waals surface area contributed by atoms with Gasteiger partial charge in [-0.3, -0.25) is 4.79 Å². The lowest BCUT2D eigenvalue weighted by molar-refractivity contribution is -0.119. The lowest BCUT2D eigenvalue weighted by Crippen LogP contribution is -2.25. The number of aromatic nitrogens is 2. The highest BCUT2D eigenvalue weighted by molar-refractivity contribution is 7.89. The number of nitrogen functional groups attached to an aromatic ring is 1. The minimum absolute atomic E-state index is 0.114. The molecule has 0 radical (unpaired) electrons. The molecule has 0 atom stereocenters. The Morgan fingerprint density at radius 2 is 1.96 bits per heavy atom. The molecule has 24 heavy (non-hydrogen) atoms. The van der Waals surface area contributed by atoms with Gasteiger partial charge in [-0.25, -0.2) is 18.4 Å². The molecule has 0 saturated heterocycles. The van der Waals surface area contributed by atoms with Crippen molar-refractivity contribution < 1.29 is 17.9 Å². The molecule has 0 aliphatic carbocycles. The van der Waals surface area contributed by atoms with Gasteiger partial charge in [0.05, 0.1) is 17.1 Å². The number of benzene rings is 1. The first-order valence-corrected chi connectivity index (χ1v) is 8.42. The highest BCUT2D eigenvalue weighted by atomic mass is 32.2. The molecule has 10 heteroatoms. The summed E-state index contributed by atoms with van der Waals surface area (Å²) in [4.78, 5) is 18.7. The second-order valence-electron chi connectivity index (χ2n) is 5.20. The molecular weight excluding hydrogens is 334 g/mol. The van der Waals surface area contributed by atoms with Crippen molar-refractivity contribution in [3.05, 3.63) is 41.7 Å². The molecule has 4 N–H and O–H groups in total. The third kappa shape index (κ3) is 3.14. The molecule has 1 aliphatic heterocycles. The van der Waals surface area contributed by atoms with Crippen LogP contribution in [0.4, 0.5) is 5.95 Å². The molecule has 0 spiro atoms. The van der Waals surface area contributed by atoms with E-state index in [9.17, 15) is 13.2 Å². The maximum atomic E-state index is 12.7. The van der Waals surface area contributed by atoms with Gasteiger partial charge in [0.1, 0.15) is 5.75 Å². The number of anilines is 1. The topological polar surface area (TPSA) is 142 Å². The number of primary amides is 1. The van der Waals surface area contributed by atoms with Crippen molar-refractivity contribution in [2.75, 3.05) is 12.3 Å². The van der Waals surface area contributed by atoms with Crippen LogP contribution in [0, 0.1) is 0 Å². The van der Waals surface area contributed by atoms with Crippen LogP contribution in [0.2, 0.25) is 0 Å². The fourth-order valence-corrected chi connectivity index (χ4v) is 3.70. The average Bonchev–Trinajstić information content (AvgIpc) is 2.97. The molecule has 2 heterocycles. The van der Waals surface area contributed by atoms with Crippen molar-refractivity contribution in [2.45, 2.75) is 18.0 Å². The molecule has 0 bridgehead atoms. The Morgan fingerprint density at radius 1 is 1.25 bits per heavy atom. The number of hydrogen-bond acceptors (Lipinski definition) is 7. The SMILES string of the molecule is NC(=O)COc1ccc(S(=O)(=O)N2Cc3cnc(N)nc3C2)cc1. The molecule has 0 unspecified atom stereocenters. The Labute approximate surface area is 138 Å². The standard InChI is InChI=1S/C14H15N5O4S/c15-13(20)8-23-10-1-3-11(4-2-10)24(21,22)19-6-9-5-17-14(16)18-12(9)7-19/h1-5H,6-8H2,(H2,15,20)(H2,16,17,18). The van der Waals surface area contributed by atoms with Gasteiger partial charge in [0.25, 0.3) is 5.91 Å². The van der Waals surface area contributed by atoms with Crippen molar-refractivity contribution in [2.24, 2.45) is 5.73 Å². The first-order valence-electron chi connectivity index (χ1n) is 6.98. The largest absolute Gasteiger partial charge is 0.484 e. The molecule has 1 aromatic heterocycles. The monoisotopic (exact) mass is 349 g/mol. The first-order chi connectivity index (χ1) is 11.4. The molecule has 1 aliphatic rings. The van der Waals surface area contributed by atoms with E-state index in [1.54, 1.807) is 0 Å². The number of nitrogens with zero attached hydrogens (tertiary/aromatic N) is 3. The Bertz CT molecular complexity index is 883. The summed E-state index contributed by atoms with van der Waals surface area (Å²) in [6, 6.07) is 5.76. The number of ether oxygens (including phenoxy) is 1. The lowest BCUT2D eigenvalue weighted by atomic mass is 10.3. The van der Waals surface area contributed by atoms with E-state index in [1.165, 1.54) is 34.8 Å². The maximum Gasteiger partial charge on any atom is 0.255 e. The Morgan fingerprint density at radius 3 is 2.62 bits per heavy atom. The van der Waals surface area contributed by atoms with Crippen molar-refractivity contribution in [1.82, 2.24) is 14.3 Å². The predicted molar refractivity (Wildman–Crippen MR) is 84.0 cm³/mol. The van der Waals surface area contributed by atoms with Gasteiger partial charge in [-0.15, -0.1) is 0 Å². The fraction of sp³-hybridized carbons (Fsp3) is 0.214. The van der Waals surface area contributed by atoms with Crippen molar-refractivity contribution in [3.8, 4) is 5.75 Å². The molecule has 1 amide bonds. The number of hydrogen-bond donors (Lipinski definition) is 2. The summed E-state index contributed by atoms with van der Waals surface area (Å²) in [7, 11) is -3.69. The smallest absolute Gasteiger partial charge is 0.255 e. The summed E-state index contributed by atoms with van der Waals surface area (Å²) in [6.07, 6.45) is 1.54. The van der Waals surface area contributed by atoms with Crippen LogP contribution in [0.25, 0.3) is 0 Å². The van der Waals surface area contributed by atoms with Gasteiger partial charge in [-0.2, -0.15) is 4.31 Å². The summed E-state index contributed by atoms with van der Waals surface area (Å²) >= 11 is 0. The highest BCUT2D eigenvalue weighted by Gasteiger charge is 2.31. The van der Waals surface area contributed by atoms with Gasteiger partial charge in [-0.05, 0) is 24.3 Å². The van der Waals surface area contributed by atoms with Crippen LogP contribution in [0.15, 0.2) is 35.4 Å². The Kier molecular flexibility index (Phi) is 4.08. The summed E-state index contributed by atoms with van der Waals surface area (Å²) in [5.74, 6) is -0.137. The summed E-state index contributed by atoms with van der Waals surface area (Å²) in [5.41, 5.74) is 11.8. The van der Waals surface area contributed by atoms with E-state index < -0.39 is 15.9 Å². The van der Waals surface area contributed by atoms with E-state index >= 15 is 0 Å². The minimum atomic E-state index is -3.69. The van der Waals surface area contributed by atoms with Crippen molar-refractivity contribution in [3.63, 3.8) is 0 Å². The van der Waals surface area contributed by atoms with Gasteiger partial charge < -0.3 is 16.2 Å². The number of carbonyl (C=O) groups is 1. The van der Waals surface area contributed by atoms with Crippen LogP contribution in [0.5, 0.6) is 5.75 Å². The predicted octanol–water partition coefficient (Wildman–Crippen LogP) is -0.373. The summed E-state index contributed by atoms with van der Waals surface area (Å²) in [5, 5.41) is 0. The van der Waals surface area contributed by atoms with Crippen LogP contribution in [0.1, 0.15) is 11.3 Å². The maximum absolute atomic E-state index is 12.7. The van der Waals surface area contributed by atoms with E-state index in [1.807, 2.05) is 0 Å². The highest BCUT2D eigenvalue weighted by Crippen LogP contribution is 2.28. The second kappa shape index (κ2) is 6.06. The van der Waals surface area contributed by atoms with Gasteiger partial charge >= 0.3 is 0 Å². The number of amides is 1. The molecular formula is C14H15N5O4S. The molecule has 9 nitrogen and oxygen atoms in total. The lowest BCUT2D eigenvalue weighted by Gasteiger charge is -2.15. The third-order valence-electron chi connectivity index (χ3n) is 3.49. The molecule has 2 aromatic rings. The number of nitrogens with two attached hydrogens (primary N) is 2. The van der Waals surface area contributed by atoms with E-state index in [0.29, 0.717) is 11.4 Å². The Hall–Kier alpha value is -2.72. The van der Waals surface area contributed by atoms with Crippen LogP contribution < -0.4 is 16.2 Å². The zero-order valence-corrected chi connectivity index (χ0v) is 13.4. The minimum Gasteiger partial charge on any atom is -0.484 e. The third-order valence-corrected chi connectivity index (χ3v) is 5.29. The molecule has 1 aromatic carbocycles. The van der Waals surface area contributed by atoms with Crippen LogP contribution in [-0.2, 0) is 27.9 Å². The molecule has 0 saturated carbocycles. The van der Waals surface area contributed by atoms with E-state index in [0.717, 1.165) is 5.56 Å². The van der Waals surface area contributed by atoms with Gasteiger partial charge in [-0.1, -0.05) is 0 Å². The first kappa shape index (κ1) is 16.1. The Balaban J connectivity index is 1.78. The molecule has 0 fully saturated rings. The second-order valence-corrected chi connectivity index (χ2v) is 7.14. The molecule has 3 rings (SSSR count). The number of fused-ring (bicyclic) bond motifs is 1. The fourth-order valence-electron chi connectivity index (χ4n) is 2.32. The number of sulfonamides is 1. The zero-order valence-electron chi connectivity index (χ0n) is 12.5. The average molecular weight is 349 g/mol. The van der Waals surface area contributed by atoms with Crippen LogP contribution >= 0.6 is 0 Å². The number of carbonyl (C=O) groups excluding carboxylic acids is 1. The van der Waals surface area contributed by atoms with Crippen molar-refractivity contribution >= 4 is 21.9 Å². The van der Waals surface area contributed by atoms with Crippen molar-refractivity contribution in [1.29, 1.82) is 0 Å². The van der Waals surface area contributed by atoms with Gasteiger partial charge in [0, 0.05) is 18.3 Å². The van der Waals surface area contributed by atoms with E-state index in [-0.39, 0.29) is 30.5 Å².